The minimum Gasteiger partial charge on any atom is -0.495 e. The van der Waals surface area contributed by atoms with Gasteiger partial charge in [-0.3, -0.25) is 4.68 Å². The van der Waals surface area contributed by atoms with E-state index < -0.39 is 6.10 Å². The third kappa shape index (κ3) is 2.17. The molecule has 2 aromatic rings. The number of nitrogen functional groups attached to an aromatic ring is 1. The number of aryl methyl sites for hydroxylation is 1. The molecule has 0 aliphatic rings. The minimum absolute atomic E-state index is 0.455. The predicted octanol–water partition coefficient (Wildman–Crippen LogP) is 1.58. The number of ether oxygens (including phenoxy) is 1. The number of aromatic nitrogens is 2. The summed E-state index contributed by atoms with van der Waals surface area (Å²) in [5.41, 5.74) is 7.76. The lowest BCUT2D eigenvalue weighted by Crippen LogP contribution is -2.04. The summed E-state index contributed by atoms with van der Waals surface area (Å²) in [6.45, 7) is 2.75. The first-order valence-electron chi connectivity index (χ1n) is 5.80. The van der Waals surface area contributed by atoms with E-state index in [9.17, 15) is 5.11 Å². The molecule has 0 radical (unpaired) electrons. The van der Waals surface area contributed by atoms with Gasteiger partial charge in [-0.2, -0.15) is 5.10 Å². The number of rotatable bonds is 4. The molecule has 0 aliphatic carbocycles. The van der Waals surface area contributed by atoms with Crippen molar-refractivity contribution in [3.05, 3.63) is 41.7 Å². The number of hydrogen-bond donors (Lipinski definition) is 2. The van der Waals surface area contributed by atoms with Gasteiger partial charge in [-0.05, 0) is 13.0 Å². The molecular weight excluding hydrogens is 230 g/mol. The van der Waals surface area contributed by atoms with Crippen LogP contribution in [-0.4, -0.2) is 22.0 Å². The topological polar surface area (TPSA) is 73.3 Å². The number of para-hydroxylation sites is 1. The number of anilines is 1. The van der Waals surface area contributed by atoms with Crippen LogP contribution in [0.15, 0.2) is 30.6 Å². The van der Waals surface area contributed by atoms with E-state index in [0.717, 1.165) is 12.1 Å². The summed E-state index contributed by atoms with van der Waals surface area (Å²) in [4.78, 5) is 0. The fourth-order valence-corrected chi connectivity index (χ4v) is 1.85. The first kappa shape index (κ1) is 12.4. The maximum absolute atomic E-state index is 10.3. The second-order valence-electron chi connectivity index (χ2n) is 4.00. The number of aliphatic hydroxyl groups is 1. The Kier molecular flexibility index (Phi) is 3.53. The Morgan fingerprint density at radius 1 is 1.50 bits per heavy atom. The molecule has 0 saturated carbocycles. The molecular formula is C13H17N3O2. The van der Waals surface area contributed by atoms with Crippen molar-refractivity contribution in [2.75, 3.05) is 12.8 Å². The van der Waals surface area contributed by atoms with E-state index in [1.165, 1.54) is 0 Å². The molecule has 5 nitrogen and oxygen atoms in total. The van der Waals surface area contributed by atoms with Crippen molar-refractivity contribution in [2.24, 2.45) is 0 Å². The van der Waals surface area contributed by atoms with Crippen LogP contribution in [0.25, 0.3) is 0 Å². The lowest BCUT2D eigenvalue weighted by molar-refractivity contribution is 0.220. The highest BCUT2D eigenvalue weighted by molar-refractivity contribution is 5.60. The van der Waals surface area contributed by atoms with Crippen LogP contribution in [-0.2, 0) is 6.54 Å². The summed E-state index contributed by atoms with van der Waals surface area (Å²) in [6, 6.07) is 5.35. The molecule has 3 N–H and O–H groups in total. The summed E-state index contributed by atoms with van der Waals surface area (Å²) in [5.74, 6) is 0.564. The minimum atomic E-state index is -0.791. The molecule has 0 fully saturated rings. The number of aliphatic hydroxyl groups excluding tert-OH is 1. The molecule has 1 aromatic heterocycles. The Balaban J connectivity index is 2.36. The maximum atomic E-state index is 10.3. The third-order valence-electron chi connectivity index (χ3n) is 2.91. The molecule has 5 heteroatoms. The Morgan fingerprint density at radius 3 is 2.89 bits per heavy atom. The van der Waals surface area contributed by atoms with Crippen LogP contribution in [0.2, 0.25) is 0 Å². The molecule has 1 unspecified atom stereocenters. The largest absolute Gasteiger partial charge is 0.495 e. The van der Waals surface area contributed by atoms with E-state index in [1.807, 2.05) is 13.1 Å². The highest BCUT2D eigenvalue weighted by Crippen LogP contribution is 2.32. The van der Waals surface area contributed by atoms with Crippen molar-refractivity contribution < 1.29 is 9.84 Å². The second kappa shape index (κ2) is 5.10. The molecule has 0 amide bonds. The normalized spacial score (nSPS) is 12.4. The van der Waals surface area contributed by atoms with Gasteiger partial charge in [-0.15, -0.1) is 0 Å². The van der Waals surface area contributed by atoms with Gasteiger partial charge in [0.2, 0.25) is 0 Å². The quantitative estimate of drug-likeness (QED) is 0.804. The lowest BCUT2D eigenvalue weighted by atomic mass is 10.0. The number of hydrogen-bond acceptors (Lipinski definition) is 4. The number of nitrogens with two attached hydrogens (primary N) is 1. The Hall–Kier alpha value is -2.01. The van der Waals surface area contributed by atoms with Gasteiger partial charge in [0.1, 0.15) is 11.9 Å². The fraction of sp³-hybridized carbons (Fsp3) is 0.308. The van der Waals surface area contributed by atoms with Gasteiger partial charge in [0.05, 0.1) is 19.0 Å². The molecule has 0 aliphatic heterocycles. The fourth-order valence-electron chi connectivity index (χ4n) is 1.85. The summed E-state index contributed by atoms with van der Waals surface area (Å²) in [5, 5.41) is 14.5. The molecule has 1 heterocycles. The molecule has 18 heavy (non-hydrogen) atoms. The predicted molar refractivity (Wildman–Crippen MR) is 69.4 cm³/mol. The maximum Gasteiger partial charge on any atom is 0.142 e. The Bertz CT molecular complexity index is 537. The van der Waals surface area contributed by atoms with Gasteiger partial charge >= 0.3 is 0 Å². The first-order chi connectivity index (χ1) is 8.67. The van der Waals surface area contributed by atoms with Crippen LogP contribution >= 0.6 is 0 Å². The monoisotopic (exact) mass is 247 g/mol. The number of benzene rings is 1. The molecule has 0 spiro atoms. The van der Waals surface area contributed by atoms with Crippen LogP contribution in [0.1, 0.15) is 24.2 Å². The van der Waals surface area contributed by atoms with Gasteiger partial charge in [0.15, 0.2) is 0 Å². The van der Waals surface area contributed by atoms with E-state index >= 15 is 0 Å². The lowest BCUT2D eigenvalue weighted by Gasteiger charge is -2.14. The summed E-state index contributed by atoms with van der Waals surface area (Å²) in [7, 11) is 1.55. The van der Waals surface area contributed by atoms with Crippen molar-refractivity contribution in [1.82, 2.24) is 9.78 Å². The first-order valence-corrected chi connectivity index (χ1v) is 5.80. The standard InChI is InChI=1S/C13H17N3O2/c1-3-16-8-9(7-15-16)13(17)10-5-4-6-11(18-2)12(10)14/h4-8,13,17H,3,14H2,1-2H3. The molecule has 0 bridgehead atoms. The zero-order valence-corrected chi connectivity index (χ0v) is 10.5. The zero-order chi connectivity index (χ0) is 13.1. The summed E-state index contributed by atoms with van der Waals surface area (Å²) in [6.07, 6.45) is 2.66. The van der Waals surface area contributed by atoms with Crippen LogP contribution in [0.4, 0.5) is 5.69 Å². The van der Waals surface area contributed by atoms with Gasteiger partial charge in [0, 0.05) is 23.9 Å². The van der Waals surface area contributed by atoms with E-state index in [-0.39, 0.29) is 0 Å². The van der Waals surface area contributed by atoms with Crippen molar-refractivity contribution in [3.8, 4) is 5.75 Å². The van der Waals surface area contributed by atoms with Crippen molar-refractivity contribution in [2.45, 2.75) is 19.6 Å². The van der Waals surface area contributed by atoms with Crippen LogP contribution in [0, 0.1) is 0 Å². The molecule has 96 valence electrons. The van der Waals surface area contributed by atoms with Crippen LogP contribution < -0.4 is 10.5 Å². The highest BCUT2D eigenvalue weighted by atomic mass is 16.5. The van der Waals surface area contributed by atoms with Gasteiger partial charge in [-0.25, -0.2) is 0 Å². The van der Waals surface area contributed by atoms with E-state index in [0.29, 0.717) is 17.0 Å². The van der Waals surface area contributed by atoms with Gasteiger partial charge < -0.3 is 15.6 Å². The summed E-state index contributed by atoms with van der Waals surface area (Å²) < 4.78 is 6.90. The van der Waals surface area contributed by atoms with Crippen molar-refractivity contribution >= 4 is 5.69 Å². The molecule has 0 saturated heterocycles. The van der Waals surface area contributed by atoms with E-state index in [1.54, 1.807) is 36.2 Å². The van der Waals surface area contributed by atoms with Crippen LogP contribution in [0.5, 0.6) is 5.75 Å². The average molecular weight is 247 g/mol. The van der Waals surface area contributed by atoms with E-state index in [2.05, 4.69) is 5.10 Å². The van der Waals surface area contributed by atoms with Gasteiger partial charge in [0.25, 0.3) is 0 Å². The zero-order valence-electron chi connectivity index (χ0n) is 10.5. The SMILES string of the molecule is CCn1cc(C(O)c2cccc(OC)c2N)cn1. The van der Waals surface area contributed by atoms with Crippen molar-refractivity contribution in [3.63, 3.8) is 0 Å². The smallest absolute Gasteiger partial charge is 0.142 e. The number of methoxy groups -OCH3 is 1. The molecule has 1 atom stereocenters. The Labute approximate surface area is 106 Å². The third-order valence-corrected chi connectivity index (χ3v) is 2.91. The molecule has 1 aromatic carbocycles. The average Bonchev–Trinajstić information content (AvgIpc) is 2.87. The number of nitrogens with zero attached hydrogens (tertiary/aromatic N) is 2. The Morgan fingerprint density at radius 2 is 2.28 bits per heavy atom. The van der Waals surface area contributed by atoms with Crippen molar-refractivity contribution in [1.29, 1.82) is 0 Å². The van der Waals surface area contributed by atoms with Gasteiger partial charge in [-0.1, -0.05) is 12.1 Å². The molecule has 2 rings (SSSR count). The summed E-state index contributed by atoms with van der Waals surface area (Å²) >= 11 is 0. The van der Waals surface area contributed by atoms with Crippen LogP contribution in [0.3, 0.4) is 0 Å². The van der Waals surface area contributed by atoms with E-state index in [4.69, 9.17) is 10.5 Å². The highest BCUT2D eigenvalue weighted by Gasteiger charge is 2.17. The second-order valence-corrected chi connectivity index (χ2v) is 4.00.